The zero-order valence-electron chi connectivity index (χ0n) is 20.0. The Morgan fingerprint density at radius 3 is 2.43 bits per heavy atom. The molecular formula is C28H29N3O4. The highest BCUT2D eigenvalue weighted by atomic mass is 16.4. The summed E-state index contributed by atoms with van der Waals surface area (Å²) in [4.78, 5) is 44.8. The van der Waals surface area contributed by atoms with Crippen LogP contribution in [-0.4, -0.2) is 49.9 Å². The van der Waals surface area contributed by atoms with E-state index < -0.39 is 40.8 Å². The average molecular weight is 472 g/mol. The van der Waals surface area contributed by atoms with E-state index in [4.69, 9.17) is 0 Å². The van der Waals surface area contributed by atoms with E-state index in [2.05, 4.69) is 10.3 Å². The third kappa shape index (κ3) is 3.67. The number of hydrogen-bond donors (Lipinski definition) is 3. The standard InChI is InChI=1S/C28H29N3O4/c1-27(2,3)31-24(32)22-21(14-13-17-9-5-4-6-10-17)30-28(26(34)35,23(22)25(31)33)15-18-16-29-20-12-8-7-11-19(18)20/h4-14,16,21-23,29-30H,15H2,1-3H3,(H,34,35)/b14-13+. The Kier molecular flexibility index (Phi) is 5.40. The van der Waals surface area contributed by atoms with Crippen molar-refractivity contribution in [3.63, 3.8) is 0 Å². The van der Waals surface area contributed by atoms with Gasteiger partial charge in [0.25, 0.3) is 0 Å². The zero-order chi connectivity index (χ0) is 25.0. The molecule has 2 aromatic carbocycles. The number of para-hydroxylation sites is 1. The number of carbonyl (C=O) groups excluding carboxylic acids is 2. The fourth-order valence-electron chi connectivity index (χ4n) is 5.67. The Morgan fingerprint density at radius 1 is 1.06 bits per heavy atom. The van der Waals surface area contributed by atoms with Gasteiger partial charge in [0.15, 0.2) is 0 Å². The molecule has 2 aliphatic heterocycles. The number of carbonyl (C=O) groups is 3. The first-order valence-electron chi connectivity index (χ1n) is 11.8. The first-order valence-corrected chi connectivity index (χ1v) is 11.8. The molecule has 4 atom stereocenters. The number of nitrogens with one attached hydrogen (secondary N) is 2. The lowest BCUT2D eigenvalue weighted by Gasteiger charge is -2.35. The Balaban J connectivity index is 1.62. The largest absolute Gasteiger partial charge is 0.480 e. The highest BCUT2D eigenvalue weighted by Crippen LogP contribution is 2.47. The fraction of sp³-hybridized carbons (Fsp3) is 0.321. The second-order valence-electron chi connectivity index (χ2n) is 10.4. The van der Waals surface area contributed by atoms with Crippen molar-refractivity contribution in [3.05, 3.63) is 78.0 Å². The minimum absolute atomic E-state index is 0.0696. The van der Waals surface area contributed by atoms with Crippen LogP contribution < -0.4 is 5.32 Å². The van der Waals surface area contributed by atoms with Crippen molar-refractivity contribution in [1.82, 2.24) is 15.2 Å². The number of carboxylic acids is 1. The van der Waals surface area contributed by atoms with Gasteiger partial charge in [0.1, 0.15) is 5.54 Å². The lowest BCUT2D eigenvalue weighted by atomic mass is 9.76. The van der Waals surface area contributed by atoms with Crippen LogP contribution in [0.1, 0.15) is 31.9 Å². The number of aliphatic carboxylic acids is 1. The van der Waals surface area contributed by atoms with Gasteiger partial charge in [0, 0.05) is 35.1 Å². The summed E-state index contributed by atoms with van der Waals surface area (Å²) in [5, 5.41) is 14.7. The van der Waals surface area contributed by atoms with E-state index in [0.29, 0.717) is 0 Å². The molecule has 3 heterocycles. The molecule has 2 fully saturated rings. The van der Waals surface area contributed by atoms with Crippen LogP contribution >= 0.6 is 0 Å². The first kappa shape index (κ1) is 23.1. The quantitative estimate of drug-likeness (QED) is 0.494. The monoisotopic (exact) mass is 471 g/mol. The van der Waals surface area contributed by atoms with Gasteiger partial charge in [-0.2, -0.15) is 0 Å². The van der Waals surface area contributed by atoms with Crippen LogP contribution in [0.3, 0.4) is 0 Å². The van der Waals surface area contributed by atoms with Crippen LogP contribution in [0.15, 0.2) is 66.9 Å². The average Bonchev–Trinajstić information content (AvgIpc) is 3.45. The number of imide groups is 1. The van der Waals surface area contributed by atoms with Crippen LogP contribution in [0.2, 0.25) is 0 Å². The summed E-state index contributed by atoms with van der Waals surface area (Å²) >= 11 is 0. The van der Waals surface area contributed by atoms with Gasteiger partial charge < -0.3 is 10.1 Å². The van der Waals surface area contributed by atoms with Crippen LogP contribution in [0.25, 0.3) is 17.0 Å². The number of H-pyrrole nitrogens is 1. The molecular weight excluding hydrogens is 442 g/mol. The number of fused-ring (bicyclic) bond motifs is 2. The molecule has 35 heavy (non-hydrogen) atoms. The second kappa shape index (κ2) is 8.20. The molecule has 4 unspecified atom stereocenters. The van der Waals surface area contributed by atoms with Crippen molar-refractivity contribution in [2.75, 3.05) is 0 Å². The maximum atomic E-state index is 13.7. The number of nitrogens with zero attached hydrogens (tertiary/aromatic N) is 1. The number of amides is 2. The molecule has 0 radical (unpaired) electrons. The number of likely N-dealkylation sites (tertiary alicyclic amines) is 1. The van der Waals surface area contributed by atoms with E-state index in [1.807, 2.05) is 66.7 Å². The Hall–Kier alpha value is -3.71. The molecule has 3 aromatic rings. The third-order valence-electron chi connectivity index (χ3n) is 7.19. The highest BCUT2D eigenvalue weighted by molar-refractivity contribution is 6.10. The summed E-state index contributed by atoms with van der Waals surface area (Å²) in [5.41, 5.74) is 0.227. The Morgan fingerprint density at radius 2 is 1.74 bits per heavy atom. The van der Waals surface area contributed by atoms with Gasteiger partial charge >= 0.3 is 5.97 Å². The number of rotatable bonds is 5. The minimum atomic E-state index is -1.63. The first-order chi connectivity index (χ1) is 16.6. The molecule has 0 bridgehead atoms. The lowest BCUT2D eigenvalue weighted by molar-refractivity contribution is -0.153. The van der Waals surface area contributed by atoms with Crippen LogP contribution in [0.5, 0.6) is 0 Å². The predicted molar refractivity (Wildman–Crippen MR) is 133 cm³/mol. The molecule has 2 saturated heterocycles. The van der Waals surface area contributed by atoms with Crippen molar-refractivity contribution in [3.8, 4) is 0 Å². The molecule has 2 aliphatic rings. The number of aromatic amines is 1. The van der Waals surface area contributed by atoms with Crippen molar-refractivity contribution in [1.29, 1.82) is 0 Å². The predicted octanol–water partition coefficient (Wildman–Crippen LogP) is 3.62. The summed E-state index contributed by atoms with van der Waals surface area (Å²) in [6.45, 7) is 5.40. The SMILES string of the molecule is CC(C)(C)N1C(=O)C2C(/C=C/c3ccccc3)NC(Cc3c[nH]c4ccccc34)(C(=O)O)C2C1=O. The van der Waals surface area contributed by atoms with Crippen molar-refractivity contribution < 1.29 is 19.5 Å². The fourth-order valence-corrected chi connectivity index (χ4v) is 5.67. The summed E-state index contributed by atoms with van der Waals surface area (Å²) in [6, 6.07) is 16.7. The second-order valence-corrected chi connectivity index (χ2v) is 10.4. The highest BCUT2D eigenvalue weighted by Gasteiger charge is 2.68. The lowest BCUT2D eigenvalue weighted by Crippen LogP contribution is -2.59. The molecule has 0 aliphatic carbocycles. The topological polar surface area (TPSA) is 102 Å². The van der Waals surface area contributed by atoms with Crippen molar-refractivity contribution in [2.45, 2.75) is 44.3 Å². The van der Waals surface area contributed by atoms with Crippen LogP contribution in [0, 0.1) is 11.8 Å². The minimum Gasteiger partial charge on any atom is -0.480 e. The summed E-state index contributed by atoms with van der Waals surface area (Å²) in [7, 11) is 0. The molecule has 5 rings (SSSR count). The van der Waals surface area contributed by atoms with Crippen LogP contribution in [0.4, 0.5) is 0 Å². The van der Waals surface area contributed by atoms with Crippen molar-refractivity contribution in [2.24, 2.45) is 11.8 Å². The molecule has 180 valence electrons. The molecule has 7 nitrogen and oxygen atoms in total. The number of carboxylic acid groups (broad SMARTS) is 1. The van der Waals surface area contributed by atoms with Gasteiger partial charge in [0.05, 0.1) is 11.8 Å². The maximum Gasteiger partial charge on any atom is 0.325 e. The van der Waals surface area contributed by atoms with Gasteiger partial charge in [-0.3, -0.25) is 24.6 Å². The molecule has 0 saturated carbocycles. The zero-order valence-corrected chi connectivity index (χ0v) is 20.0. The molecule has 0 spiro atoms. The normalized spacial score (nSPS) is 26.7. The molecule has 1 aromatic heterocycles. The molecule has 2 amide bonds. The maximum absolute atomic E-state index is 13.7. The van der Waals surface area contributed by atoms with E-state index in [9.17, 15) is 19.5 Å². The van der Waals surface area contributed by atoms with E-state index in [-0.39, 0.29) is 12.3 Å². The summed E-state index contributed by atoms with van der Waals surface area (Å²) < 4.78 is 0. The van der Waals surface area contributed by atoms with Gasteiger partial charge in [0.2, 0.25) is 11.8 Å². The van der Waals surface area contributed by atoms with Gasteiger partial charge in [-0.25, -0.2) is 0 Å². The van der Waals surface area contributed by atoms with Gasteiger partial charge in [-0.05, 0) is 38.0 Å². The van der Waals surface area contributed by atoms with E-state index in [1.54, 1.807) is 27.0 Å². The summed E-state index contributed by atoms with van der Waals surface area (Å²) in [6.07, 6.45) is 5.56. The van der Waals surface area contributed by atoms with Gasteiger partial charge in [-0.15, -0.1) is 0 Å². The Bertz CT molecular complexity index is 1340. The van der Waals surface area contributed by atoms with Crippen molar-refractivity contribution >= 4 is 34.8 Å². The van der Waals surface area contributed by atoms with Crippen LogP contribution in [-0.2, 0) is 20.8 Å². The van der Waals surface area contributed by atoms with Gasteiger partial charge in [-0.1, -0.05) is 60.7 Å². The summed E-state index contributed by atoms with van der Waals surface area (Å²) in [5.74, 6) is -3.72. The van der Waals surface area contributed by atoms with E-state index in [1.165, 1.54) is 4.90 Å². The number of aromatic nitrogens is 1. The smallest absolute Gasteiger partial charge is 0.325 e. The number of hydrogen-bond acceptors (Lipinski definition) is 4. The van der Waals surface area contributed by atoms with E-state index >= 15 is 0 Å². The third-order valence-corrected chi connectivity index (χ3v) is 7.19. The van der Waals surface area contributed by atoms with E-state index in [0.717, 1.165) is 22.0 Å². The molecule has 3 N–H and O–H groups in total. The Labute approximate surface area is 203 Å². The number of benzene rings is 2. The molecule has 7 heteroatoms.